The number of hydrogen-bond acceptors (Lipinski definition) is 4. The Bertz CT molecular complexity index is 501. The highest BCUT2D eigenvalue weighted by Gasteiger charge is 2.25. The van der Waals surface area contributed by atoms with Crippen molar-refractivity contribution in [1.29, 1.82) is 0 Å². The Hall–Kier alpha value is -1.95. The molecule has 0 aliphatic carbocycles. The molecule has 1 fully saturated rings. The Morgan fingerprint density at radius 3 is 2.78 bits per heavy atom. The van der Waals surface area contributed by atoms with Crippen LogP contribution in [0.2, 0.25) is 0 Å². The average molecular weight is 249 g/mol. The Kier molecular flexibility index (Phi) is 3.29. The predicted octanol–water partition coefficient (Wildman–Crippen LogP) is 1.08. The molecule has 0 radical (unpaired) electrons. The minimum atomic E-state index is -0.465. The molecule has 2 N–H and O–H groups in total. The number of carbonyl (C=O) groups is 1. The fourth-order valence-corrected chi connectivity index (χ4v) is 2.14. The van der Waals surface area contributed by atoms with Crippen molar-refractivity contribution >= 4 is 11.6 Å². The van der Waals surface area contributed by atoms with Gasteiger partial charge in [-0.2, -0.15) is 0 Å². The number of nitro groups is 1. The molecule has 0 aromatic heterocycles. The van der Waals surface area contributed by atoms with Gasteiger partial charge in [-0.1, -0.05) is 0 Å². The fraction of sp³-hybridized carbons (Fsp3) is 0.417. The molecule has 1 atom stereocenters. The number of benzene rings is 1. The Balaban J connectivity index is 2.23. The van der Waals surface area contributed by atoms with Crippen LogP contribution in [0.15, 0.2) is 18.2 Å². The van der Waals surface area contributed by atoms with Gasteiger partial charge in [0.1, 0.15) is 0 Å². The normalized spacial score (nSPS) is 19.0. The van der Waals surface area contributed by atoms with E-state index in [1.807, 2.05) is 0 Å². The van der Waals surface area contributed by atoms with Crippen molar-refractivity contribution in [3.8, 4) is 0 Å². The van der Waals surface area contributed by atoms with Crippen LogP contribution in [0, 0.1) is 17.0 Å². The van der Waals surface area contributed by atoms with Crippen molar-refractivity contribution in [3.05, 3.63) is 39.4 Å². The van der Waals surface area contributed by atoms with Crippen LogP contribution in [-0.2, 0) is 0 Å². The second-order valence-electron chi connectivity index (χ2n) is 4.56. The molecule has 0 unspecified atom stereocenters. The number of nitro benzene ring substituents is 1. The third-order valence-corrected chi connectivity index (χ3v) is 3.16. The van der Waals surface area contributed by atoms with Crippen LogP contribution in [0.4, 0.5) is 5.69 Å². The number of nitrogens with two attached hydrogens (primary N) is 1. The van der Waals surface area contributed by atoms with Crippen LogP contribution < -0.4 is 5.73 Å². The summed E-state index contributed by atoms with van der Waals surface area (Å²) in [6, 6.07) is 4.33. The first kappa shape index (κ1) is 12.5. The predicted molar refractivity (Wildman–Crippen MR) is 66.3 cm³/mol. The third-order valence-electron chi connectivity index (χ3n) is 3.16. The molecular formula is C12H15N3O3. The number of non-ortho nitro benzene ring substituents is 1. The molecule has 6 heteroatoms. The first-order valence-corrected chi connectivity index (χ1v) is 5.79. The van der Waals surface area contributed by atoms with Crippen LogP contribution in [0.3, 0.4) is 0 Å². The zero-order valence-corrected chi connectivity index (χ0v) is 10.1. The topological polar surface area (TPSA) is 89.5 Å². The van der Waals surface area contributed by atoms with E-state index in [1.165, 1.54) is 18.2 Å². The van der Waals surface area contributed by atoms with Gasteiger partial charge in [-0.25, -0.2) is 0 Å². The smallest absolute Gasteiger partial charge is 0.269 e. The van der Waals surface area contributed by atoms with Crippen molar-refractivity contribution in [2.24, 2.45) is 5.73 Å². The SMILES string of the molecule is Cc1cc([N+](=O)[O-])ccc1C(=O)N1CC[C@H](N)C1. The largest absolute Gasteiger partial charge is 0.337 e. The number of amides is 1. The lowest BCUT2D eigenvalue weighted by atomic mass is 10.1. The first-order chi connectivity index (χ1) is 8.49. The molecule has 1 amide bonds. The van der Waals surface area contributed by atoms with Crippen LogP contribution in [-0.4, -0.2) is 34.9 Å². The van der Waals surface area contributed by atoms with Gasteiger partial charge in [-0.15, -0.1) is 0 Å². The molecular weight excluding hydrogens is 234 g/mol. The molecule has 1 aliphatic rings. The number of hydrogen-bond donors (Lipinski definition) is 1. The van der Waals surface area contributed by atoms with E-state index >= 15 is 0 Å². The summed E-state index contributed by atoms with van der Waals surface area (Å²) in [7, 11) is 0. The standard InChI is InChI=1S/C12H15N3O3/c1-8-6-10(15(17)18)2-3-11(8)12(16)14-5-4-9(13)7-14/h2-3,6,9H,4-5,7,13H2,1H3/t9-/m0/s1. The van der Waals surface area contributed by atoms with Gasteiger partial charge < -0.3 is 10.6 Å². The zero-order chi connectivity index (χ0) is 13.3. The molecule has 1 aliphatic heterocycles. The van der Waals surface area contributed by atoms with E-state index in [4.69, 9.17) is 5.73 Å². The molecule has 0 spiro atoms. The molecule has 96 valence electrons. The minimum Gasteiger partial charge on any atom is -0.337 e. The molecule has 0 saturated carbocycles. The summed E-state index contributed by atoms with van der Waals surface area (Å²) in [5.74, 6) is -0.102. The van der Waals surface area contributed by atoms with Crippen molar-refractivity contribution in [2.75, 3.05) is 13.1 Å². The number of rotatable bonds is 2. The molecule has 1 heterocycles. The highest BCUT2D eigenvalue weighted by atomic mass is 16.6. The lowest BCUT2D eigenvalue weighted by Gasteiger charge is -2.16. The lowest BCUT2D eigenvalue weighted by Crippen LogP contribution is -2.32. The Labute approximate surface area is 105 Å². The molecule has 1 aromatic rings. The van der Waals surface area contributed by atoms with Gasteiger partial charge in [0, 0.05) is 36.8 Å². The number of nitrogens with zero attached hydrogens (tertiary/aromatic N) is 2. The summed E-state index contributed by atoms with van der Waals surface area (Å²) in [5.41, 5.74) is 6.89. The van der Waals surface area contributed by atoms with E-state index < -0.39 is 4.92 Å². The highest BCUT2D eigenvalue weighted by Crippen LogP contribution is 2.20. The van der Waals surface area contributed by atoms with E-state index in [2.05, 4.69) is 0 Å². The van der Waals surface area contributed by atoms with Gasteiger partial charge in [-0.05, 0) is 25.0 Å². The van der Waals surface area contributed by atoms with Gasteiger partial charge in [0.05, 0.1) is 4.92 Å². The average Bonchev–Trinajstić information content (AvgIpc) is 2.74. The lowest BCUT2D eigenvalue weighted by molar-refractivity contribution is -0.384. The van der Waals surface area contributed by atoms with Crippen molar-refractivity contribution in [3.63, 3.8) is 0 Å². The van der Waals surface area contributed by atoms with Crippen LogP contribution in [0.25, 0.3) is 0 Å². The van der Waals surface area contributed by atoms with Crippen molar-refractivity contribution in [2.45, 2.75) is 19.4 Å². The summed E-state index contributed by atoms with van der Waals surface area (Å²) < 4.78 is 0. The molecule has 0 bridgehead atoms. The first-order valence-electron chi connectivity index (χ1n) is 5.79. The molecule has 1 saturated heterocycles. The van der Waals surface area contributed by atoms with E-state index in [-0.39, 0.29) is 17.6 Å². The van der Waals surface area contributed by atoms with Crippen molar-refractivity contribution in [1.82, 2.24) is 4.90 Å². The monoisotopic (exact) mass is 249 g/mol. The fourth-order valence-electron chi connectivity index (χ4n) is 2.14. The number of carbonyl (C=O) groups excluding carboxylic acids is 1. The summed E-state index contributed by atoms with van der Waals surface area (Å²) in [6.07, 6.45) is 0.803. The van der Waals surface area contributed by atoms with Gasteiger partial charge in [0.2, 0.25) is 0 Å². The second-order valence-corrected chi connectivity index (χ2v) is 4.56. The molecule has 18 heavy (non-hydrogen) atoms. The Morgan fingerprint density at radius 2 is 2.28 bits per heavy atom. The zero-order valence-electron chi connectivity index (χ0n) is 10.1. The number of likely N-dealkylation sites (tertiary alicyclic amines) is 1. The van der Waals surface area contributed by atoms with Crippen LogP contribution in [0.1, 0.15) is 22.3 Å². The summed E-state index contributed by atoms with van der Waals surface area (Å²) in [4.78, 5) is 24.1. The molecule has 1 aromatic carbocycles. The Morgan fingerprint density at radius 1 is 1.56 bits per heavy atom. The second kappa shape index (κ2) is 4.73. The summed E-state index contributed by atoms with van der Waals surface area (Å²) in [6.45, 7) is 2.90. The maximum Gasteiger partial charge on any atom is 0.269 e. The maximum atomic E-state index is 12.2. The number of aryl methyl sites for hydroxylation is 1. The van der Waals surface area contributed by atoms with Crippen molar-refractivity contribution < 1.29 is 9.72 Å². The van der Waals surface area contributed by atoms with Gasteiger partial charge >= 0.3 is 0 Å². The highest BCUT2D eigenvalue weighted by molar-refractivity contribution is 5.96. The summed E-state index contributed by atoms with van der Waals surface area (Å²) in [5, 5.41) is 10.6. The third kappa shape index (κ3) is 2.33. The van der Waals surface area contributed by atoms with E-state index in [9.17, 15) is 14.9 Å². The summed E-state index contributed by atoms with van der Waals surface area (Å²) >= 11 is 0. The van der Waals surface area contributed by atoms with Crippen LogP contribution in [0.5, 0.6) is 0 Å². The maximum absolute atomic E-state index is 12.2. The van der Waals surface area contributed by atoms with Crippen LogP contribution >= 0.6 is 0 Å². The van der Waals surface area contributed by atoms with E-state index in [1.54, 1.807) is 11.8 Å². The van der Waals surface area contributed by atoms with E-state index in [0.29, 0.717) is 24.2 Å². The van der Waals surface area contributed by atoms with Gasteiger partial charge in [0.25, 0.3) is 11.6 Å². The quantitative estimate of drug-likeness (QED) is 0.627. The molecule has 2 rings (SSSR count). The van der Waals surface area contributed by atoms with Gasteiger partial charge in [0.15, 0.2) is 0 Å². The van der Waals surface area contributed by atoms with Gasteiger partial charge in [-0.3, -0.25) is 14.9 Å². The van der Waals surface area contributed by atoms with E-state index in [0.717, 1.165) is 6.42 Å². The molecule has 6 nitrogen and oxygen atoms in total. The minimum absolute atomic E-state index is 0.00201.